The van der Waals surface area contributed by atoms with E-state index in [1.54, 1.807) is 5.01 Å². The lowest BCUT2D eigenvalue weighted by Crippen LogP contribution is -2.27. The number of rotatable bonds is 3. The third kappa shape index (κ3) is 2.87. The second-order valence-electron chi connectivity index (χ2n) is 6.80. The van der Waals surface area contributed by atoms with Crippen LogP contribution in [0.3, 0.4) is 0 Å². The van der Waals surface area contributed by atoms with Crippen LogP contribution in [-0.4, -0.2) is 26.6 Å². The van der Waals surface area contributed by atoms with Crippen molar-refractivity contribution >= 4 is 22.7 Å². The molecule has 136 valence electrons. The van der Waals surface area contributed by atoms with Crippen molar-refractivity contribution in [3.8, 4) is 0 Å². The topological polar surface area (TPSA) is 61.4 Å². The van der Waals surface area contributed by atoms with Crippen LogP contribution >= 0.6 is 0 Å². The largest absolute Gasteiger partial charge is 0.337 e. The molecule has 0 radical (unpaired) electrons. The third-order valence-corrected chi connectivity index (χ3v) is 4.99. The highest BCUT2D eigenvalue weighted by Crippen LogP contribution is 2.33. The highest BCUT2D eigenvalue weighted by atomic mass is 16.2. The van der Waals surface area contributed by atoms with E-state index >= 15 is 0 Å². The minimum atomic E-state index is -0.155. The highest BCUT2D eigenvalue weighted by Gasteiger charge is 2.34. The molecule has 0 aliphatic carbocycles. The number of nitrogens with zero attached hydrogens (tertiary/aromatic N) is 3. The Balaban J connectivity index is 1.56. The standard InChI is InChI=1S/C23H18N4O/c28-23(17-11-5-2-6-12-17)27-21(16-9-3-1-4-10-16)15-20(26-27)22-24-18-13-7-8-14-19(18)25-22/h1-14,21H,15H2,(H,24,25). The first kappa shape index (κ1) is 16.4. The monoisotopic (exact) mass is 366 g/mol. The van der Waals surface area contributed by atoms with Gasteiger partial charge in [0.15, 0.2) is 5.82 Å². The predicted molar refractivity (Wildman–Crippen MR) is 109 cm³/mol. The summed E-state index contributed by atoms with van der Waals surface area (Å²) in [5.74, 6) is 0.603. The van der Waals surface area contributed by atoms with Crippen LogP contribution < -0.4 is 0 Å². The Morgan fingerprint density at radius 3 is 2.32 bits per heavy atom. The van der Waals surface area contributed by atoms with Crippen LogP contribution in [0.1, 0.15) is 34.2 Å². The lowest BCUT2D eigenvalue weighted by Gasteiger charge is -2.22. The summed E-state index contributed by atoms with van der Waals surface area (Å²) in [5.41, 5.74) is 4.32. The average molecular weight is 366 g/mol. The van der Waals surface area contributed by atoms with E-state index in [2.05, 4.69) is 9.97 Å². The van der Waals surface area contributed by atoms with Gasteiger partial charge in [-0.15, -0.1) is 0 Å². The van der Waals surface area contributed by atoms with Gasteiger partial charge in [0, 0.05) is 12.0 Å². The molecule has 0 fully saturated rings. The fourth-order valence-electron chi connectivity index (χ4n) is 3.58. The van der Waals surface area contributed by atoms with Crippen molar-refractivity contribution in [2.75, 3.05) is 0 Å². The van der Waals surface area contributed by atoms with E-state index in [1.807, 2.05) is 84.9 Å². The van der Waals surface area contributed by atoms with Crippen LogP contribution in [0.4, 0.5) is 0 Å². The number of hydrogen-bond donors (Lipinski definition) is 1. The number of H-pyrrole nitrogens is 1. The summed E-state index contributed by atoms with van der Waals surface area (Å²) in [5, 5.41) is 6.28. The number of aromatic amines is 1. The summed E-state index contributed by atoms with van der Waals surface area (Å²) in [7, 11) is 0. The fourth-order valence-corrected chi connectivity index (χ4v) is 3.58. The maximum atomic E-state index is 13.2. The van der Waals surface area contributed by atoms with Crippen molar-refractivity contribution in [1.82, 2.24) is 15.0 Å². The molecule has 1 N–H and O–H groups in total. The maximum absolute atomic E-state index is 13.2. The Morgan fingerprint density at radius 2 is 1.57 bits per heavy atom. The van der Waals surface area contributed by atoms with Crippen molar-refractivity contribution in [2.24, 2.45) is 5.10 Å². The van der Waals surface area contributed by atoms with Crippen LogP contribution in [0, 0.1) is 0 Å². The molecule has 5 nitrogen and oxygen atoms in total. The molecule has 1 atom stereocenters. The fraction of sp³-hybridized carbons (Fsp3) is 0.0870. The molecular weight excluding hydrogens is 348 g/mol. The molecule has 5 heteroatoms. The Labute approximate surface area is 162 Å². The molecule has 1 aromatic heterocycles. The molecular formula is C23H18N4O. The number of carbonyl (C=O) groups is 1. The number of benzene rings is 3. The number of amides is 1. The first-order valence-electron chi connectivity index (χ1n) is 9.26. The molecule has 4 aromatic rings. The van der Waals surface area contributed by atoms with E-state index in [1.165, 1.54) is 0 Å². The quantitative estimate of drug-likeness (QED) is 0.578. The molecule has 0 bridgehead atoms. The van der Waals surface area contributed by atoms with Crippen LogP contribution in [-0.2, 0) is 0 Å². The lowest BCUT2D eigenvalue weighted by atomic mass is 10.0. The predicted octanol–water partition coefficient (Wildman–Crippen LogP) is 4.55. The van der Waals surface area contributed by atoms with Crippen LogP contribution in [0.5, 0.6) is 0 Å². The van der Waals surface area contributed by atoms with Gasteiger partial charge < -0.3 is 4.98 Å². The zero-order chi connectivity index (χ0) is 18.9. The SMILES string of the molecule is O=C(c1ccccc1)N1N=C(c2nc3ccccc3[nH]2)CC1c1ccccc1. The number of carbonyl (C=O) groups excluding carboxylic acids is 1. The van der Waals surface area contributed by atoms with E-state index in [4.69, 9.17) is 5.10 Å². The number of para-hydroxylation sites is 2. The molecule has 1 aliphatic heterocycles. The number of nitrogens with one attached hydrogen (secondary N) is 1. The first-order valence-corrected chi connectivity index (χ1v) is 9.26. The molecule has 28 heavy (non-hydrogen) atoms. The summed E-state index contributed by atoms with van der Waals surface area (Å²) >= 11 is 0. The van der Waals surface area contributed by atoms with E-state index in [0.717, 1.165) is 22.3 Å². The molecule has 1 unspecified atom stereocenters. The Kier molecular flexibility index (Phi) is 3.98. The first-order chi connectivity index (χ1) is 13.8. The number of imidazole rings is 1. The second-order valence-corrected chi connectivity index (χ2v) is 6.80. The van der Waals surface area contributed by atoms with Crippen LogP contribution in [0.15, 0.2) is 90.0 Å². The van der Waals surface area contributed by atoms with Gasteiger partial charge >= 0.3 is 0 Å². The van der Waals surface area contributed by atoms with Crippen molar-refractivity contribution in [3.05, 3.63) is 102 Å². The summed E-state index contributed by atoms with van der Waals surface area (Å²) < 4.78 is 0. The Bertz CT molecular complexity index is 1130. The summed E-state index contributed by atoms with van der Waals surface area (Å²) in [6.45, 7) is 0. The van der Waals surface area contributed by atoms with Gasteiger partial charge in [0.05, 0.1) is 17.1 Å². The highest BCUT2D eigenvalue weighted by molar-refractivity contribution is 6.04. The second kappa shape index (κ2) is 6.78. The Hall–Kier alpha value is -3.73. The normalized spacial score (nSPS) is 16.4. The Morgan fingerprint density at radius 1 is 0.893 bits per heavy atom. The minimum Gasteiger partial charge on any atom is -0.337 e. The van der Waals surface area contributed by atoms with Gasteiger partial charge in [0.25, 0.3) is 5.91 Å². The molecule has 0 saturated carbocycles. The van der Waals surface area contributed by atoms with Crippen molar-refractivity contribution in [3.63, 3.8) is 0 Å². The van der Waals surface area contributed by atoms with Gasteiger partial charge in [-0.2, -0.15) is 5.10 Å². The zero-order valence-corrected chi connectivity index (χ0v) is 15.1. The van der Waals surface area contributed by atoms with Crippen molar-refractivity contribution in [1.29, 1.82) is 0 Å². The number of aromatic nitrogens is 2. The molecule has 1 aliphatic rings. The van der Waals surface area contributed by atoms with E-state index in [9.17, 15) is 4.79 Å². The number of hydrogen-bond acceptors (Lipinski definition) is 3. The van der Waals surface area contributed by atoms with Gasteiger partial charge in [-0.05, 0) is 29.8 Å². The van der Waals surface area contributed by atoms with Gasteiger partial charge in [-0.25, -0.2) is 9.99 Å². The molecule has 3 aromatic carbocycles. The van der Waals surface area contributed by atoms with Crippen molar-refractivity contribution < 1.29 is 4.79 Å². The minimum absolute atomic E-state index is 0.111. The zero-order valence-electron chi connectivity index (χ0n) is 15.1. The summed E-state index contributed by atoms with van der Waals surface area (Å²) in [4.78, 5) is 21.2. The number of fused-ring (bicyclic) bond motifs is 1. The van der Waals surface area contributed by atoms with E-state index < -0.39 is 0 Å². The van der Waals surface area contributed by atoms with Crippen molar-refractivity contribution in [2.45, 2.75) is 12.5 Å². The molecule has 0 spiro atoms. The van der Waals surface area contributed by atoms with Gasteiger partial charge in [-0.1, -0.05) is 60.7 Å². The number of hydrazone groups is 1. The summed E-state index contributed by atoms with van der Waals surface area (Å²) in [6.07, 6.45) is 0.614. The third-order valence-electron chi connectivity index (χ3n) is 4.99. The van der Waals surface area contributed by atoms with Gasteiger partial charge in [0.2, 0.25) is 0 Å². The van der Waals surface area contributed by atoms with Gasteiger partial charge in [-0.3, -0.25) is 4.79 Å². The molecule has 5 rings (SSSR count). The van der Waals surface area contributed by atoms with Gasteiger partial charge in [0.1, 0.15) is 5.71 Å². The smallest absolute Gasteiger partial charge is 0.274 e. The van der Waals surface area contributed by atoms with E-state index in [-0.39, 0.29) is 11.9 Å². The molecule has 1 amide bonds. The van der Waals surface area contributed by atoms with Crippen LogP contribution in [0.2, 0.25) is 0 Å². The maximum Gasteiger partial charge on any atom is 0.274 e. The summed E-state index contributed by atoms with van der Waals surface area (Å²) in [6, 6.07) is 27.0. The lowest BCUT2D eigenvalue weighted by molar-refractivity contribution is 0.0711. The van der Waals surface area contributed by atoms with Crippen LogP contribution in [0.25, 0.3) is 11.0 Å². The average Bonchev–Trinajstić information content (AvgIpc) is 3.39. The van der Waals surface area contributed by atoms with E-state index in [0.29, 0.717) is 17.8 Å². The molecule has 2 heterocycles. The molecule has 0 saturated heterocycles.